The molecule has 1 aromatic heterocycles. The highest BCUT2D eigenvalue weighted by molar-refractivity contribution is 7.18. The minimum atomic E-state index is -1.51. The van der Waals surface area contributed by atoms with Crippen LogP contribution in [0.15, 0.2) is 12.1 Å². The van der Waals surface area contributed by atoms with E-state index < -0.39 is 30.3 Å². The number of carbonyl (C=O) groups is 4. The average Bonchev–Trinajstić information content (AvgIpc) is 2.74. The highest BCUT2D eigenvalue weighted by Gasteiger charge is 2.24. The van der Waals surface area contributed by atoms with Crippen LogP contribution in [0.2, 0.25) is 0 Å². The van der Waals surface area contributed by atoms with E-state index in [1.807, 2.05) is 0 Å². The van der Waals surface area contributed by atoms with Crippen LogP contribution in [0.1, 0.15) is 23.0 Å². The van der Waals surface area contributed by atoms with Gasteiger partial charge in [-0.1, -0.05) is 0 Å². The molecule has 8 nitrogen and oxygen atoms in total. The highest BCUT2D eigenvalue weighted by atomic mass is 32.1. The minimum absolute atomic E-state index is 0.172. The van der Waals surface area contributed by atoms with Crippen LogP contribution in [0, 0.1) is 0 Å². The maximum atomic E-state index is 11.8. The number of thiophene rings is 1. The van der Waals surface area contributed by atoms with Gasteiger partial charge < -0.3 is 20.8 Å². The zero-order chi connectivity index (χ0) is 15.3. The van der Waals surface area contributed by atoms with Crippen LogP contribution < -0.4 is 10.6 Å². The monoisotopic (exact) mass is 300 g/mol. The first-order valence-corrected chi connectivity index (χ1v) is 6.24. The maximum absolute atomic E-state index is 11.8. The standard InChI is InChI=1S/C11H12N2O6S/c1-5(14)12-8-3-2-7(20-8)10(17)13-6(11(18)19)4-9(15)16/h2-3,6H,4H2,1H3,(H,12,14)(H,13,17)(H,15,16)(H,18,19)/t6-/m1/s1. The van der Waals surface area contributed by atoms with Gasteiger partial charge in [0.05, 0.1) is 16.3 Å². The minimum Gasteiger partial charge on any atom is -0.481 e. The van der Waals surface area contributed by atoms with E-state index in [9.17, 15) is 19.2 Å². The molecule has 0 aliphatic heterocycles. The molecule has 0 saturated heterocycles. The van der Waals surface area contributed by atoms with E-state index in [1.54, 1.807) is 0 Å². The van der Waals surface area contributed by atoms with Gasteiger partial charge in [-0.05, 0) is 12.1 Å². The van der Waals surface area contributed by atoms with Gasteiger partial charge in [0.2, 0.25) is 5.91 Å². The summed E-state index contributed by atoms with van der Waals surface area (Å²) in [6, 6.07) is 1.39. The van der Waals surface area contributed by atoms with Crippen molar-refractivity contribution in [1.29, 1.82) is 0 Å². The van der Waals surface area contributed by atoms with Crippen molar-refractivity contribution in [2.75, 3.05) is 5.32 Å². The smallest absolute Gasteiger partial charge is 0.326 e. The van der Waals surface area contributed by atoms with Crippen molar-refractivity contribution in [3.63, 3.8) is 0 Å². The summed E-state index contributed by atoms with van der Waals surface area (Å²) in [5, 5.41) is 22.4. The lowest BCUT2D eigenvalue weighted by Crippen LogP contribution is -2.41. The summed E-state index contributed by atoms with van der Waals surface area (Å²) < 4.78 is 0. The van der Waals surface area contributed by atoms with Gasteiger partial charge in [0.1, 0.15) is 6.04 Å². The predicted octanol–water partition coefficient (Wildman–Crippen LogP) is 0.364. The Kier molecular flexibility index (Phi) is 5.21. The molecule has 0 radical (unpaired) electrons. The van der Waals surface area contributed by atoms with Gasteiger partial charge in [0.25, 0.3) is 5.91 Å². The lowest BCUT2D eigenvalue weighted by atomic mass is 10.2. The third kappa shape index (κ3) is 4.69. The van der Waals surface area contributed by atoms with Gasteiger partial charge in [0.15, 0.2) is 0 Å². The molecule has 0 fully saturated rings. The summed E-state index contributed by atoms with van der Waals surface area (Å²) in [6.07, 6.45) is -0.717. The Morgan fingerprint density at radius 3 is 2.40 bits per heavy atom. The maximum Gasteiger partial charge on any atom is 0.326 e. The number of anilines is 1. The summed E-state index contributed by atoms with van der Waals surface area (Å²) >= 11 is 0.958. The van der Waals surface area contributed by atoms with Crippen molar-refractivity contribution in [1.82, 2.24) is 5.32 Å². The number of hydrogen-bond donors (Lipinski definition) is 4. The second-order valence-electron chi connectivity index (χ2n) is 3.81. The Morgan fingerprint density at radius 2 is 1.90 bits per heavy atom. The zero-order valence-electron chi connectivity index (χ0n) is 10.4. The first-order valence-electron chi connectivity index (χ1n) is 5.42. The molecular weight excluding hydrogens is 288 g/mol. The van der Waals surface area contributed by atoms with Crippen molar-refractivity contribution in [3.8, 4) is 0 Å². The van der Waals surface area contributed by atoms with E-state index in [1.165, 1.54) is 19.1 Å². The van der Waals surface area contributed by atoms with Crippen LogP contribution in [0.4, 0.5) is 5.00 Å². The molecule has 0 aliphatic rings. The van der Waals surface area contributed by atoms with Crippen molar-refractivity contribution >= 4 is 40.1 Å². The van der Waals surface area contributed by atoms with E-state index in [0.717, 1.165) is 11.3 Å². The van der Waals surface area contributed by atoms with E-state index in [-0.39, 0.29) is 10.8 Å². The molecule has 0 bridgehead atoms. The highest BCUT2D eigenvalue weighted by Crippen LogP contribution is 2.21. The largest absolute Gasteiger partial charge is 0.481 e. The van der Waals surface area contributed by atoms with Gasteiger partial charge in [-0.15, -0.1) is 11.3 Å². The van der Waals surface area contributed by atoms with Crippen LogP contribution in [0.5, 0.6) is 0 Å². The third-order valence-electron chi connectivity index (χ3n) is 2.11. The van der Waals surface area contributed by atoms with Gasteiger partial charge in [0, 0.05) is 6.92 Å². The fourth-order valence-corrected chi connectivity index (χ4v) is 2.16. The lowest BCUT2D eigenvalue weighted by Gasteiger charge is -2.11. The number of nitrogens with one attached hydrogen (secondary N) is 2. The molecule has 9 heteroatoms. The van der Waals surface area contributed by atoms with E-state index >= 15 is 0 Å². The number of rotatable bonds is 6. The molecule has 0 aromatic carbocycles. The Bertz CT molecular complexity index is 553. The second kappa shape index (κ2) is 6.66. The van der Waals surface area contributed by atoms with Gasteiger partial charge in [-0.25, -0.2) is 4.79 Å². The summed E-state index contributed by atoms with van der Waals surface area (Å²) in [7, 11) is 0. The number of carbonyl (C=O) groups excluding carboxylic acids is 2. The van der Waals surface area contributed by atoms with Crippen LogP contribution >= 0.6 is 11.3 Å². The summed E-state index contributed by atoms with van der Waals surface area (Å²) in [5.74, 6) is -3.77. The molecule has 108 valence electrons. The number of amides is 2. The Labute approximate surface area is 117 Å². The number of aliphatic carboxylic acids is 2. The second-order valence-corrected chi connectivity index (χ2v) is 4.89. The van der Waals surface area contributed by atoms with E-state index in [0.29, 0.717) is 5.00 Å². The molecular formula is C11H12N2O6S. The zero-order valence-corrected chi connectivity index (χ0v) is 11.2. The quantitative estimate of drug-likeness (QED) is 0.599. The fourth-order valence-electron chi connectivity index (χ4n) is 1.30. The number of carboxylic acids is 2. The molecule has 2 amide bonds. The van der Waals surface area contributed by atoms with Crippen LogP contribution in [0.25, 0.3) is 0 Å². The third-order valence-corrected chi connectivity index (χ3v) is 3.11. The molecule has 0 unspecified atom stereocenters. The first-order chi connectivity index (χ1) is 9.29. The lowest BCUT2D eigenvalue weighted by molar-refractivity contribution is -0.145. The van der Waals surface area contributed by atoms with Crippen LogP contribution in [0.3, 0.4) is 0 Å². The molecule has 1 atom stereocenters. The van der Waals surface area contributed by atoms with Gasteiger partial charge in [-0.3, -0.25) is 14.4 Å². The Morgan fingerprint density at radius 1 is 1.25 bits per heavy atom. The normalized spacial score (nSPS) is 11.4. The fraction of sp³-hybridized carbons (Fsp3) is 0.273. The Balaban J connectivity index is 2.73. The van der Waals surface area contributed by atoms with Crippen LogP contribution in [-0.2, 0) is 14.4 Å². The SMILES string of the molecule is CC(=O)Nc1ccc(C(=O)N[C@H](CC(=O)O)C(=O)O)s1. The summed E-state index contributed by atoms with van der Waals surface area (Å²) in [5.41, 5.74) is 0. The molecule has 1 aromatic rings. The van der Waals surface area contributed by atoms with Crippen molar-refractivity contribution in [2.24, 2.45) is 0 Å². The average molecular weight is 300 g/mol. The first kappa shape index (κ1) is 15.6. The molecule has 1 heterocycles. The predicted molar refractivity (Wildman–Crippen MR) is 69.8 cm³/mol. The molecule has 1 rings (SSSR count). The molecule has 0 spiro atoms. The molecule has 0 saturated carbocycles. The van der Waals surface area contributed by atoms with Crippen LogP contribution in [-0.4, -0.2) is 40.0 Å². The molecule has 4 N–H and O–H groups in total. The van der Waals surface area contributed by atoms with Gasteiger partial charge in [-0.2, -0.15) is 0 Å². The number of hydrogen-bond acceptors (Lipinski definition) is 5. The summed E-state index contributed by atoms with van der Waals surface area (Å²) in [6.45, 7) is 1.31. The van der Waals surface area contributed by atoms with Crippen molar-refractivity contribution < 1.29 is 29.4 Å². The summed E-state index contributed by atoms with van der Waals surface area (Å²) in [4.78, 5) is 44.1. The Hall–Kier alpha value is -2.42. The van der Waals surface area contributed by atoms with E-state index in [2.05, 4.69) is 10.6 Å². The van der Waals surface area contributed by atoms with Gasteiger partial charge >= 0.3 is 11.9 Å². The van der Waals surface area contributed by atoms with Crippen molar-refractivity contribution in [3.05, 3.63) is 17.0 Å². The van der Waals surface area contributed by atoms with E-state index in [4.69, 9.17) is 10.2 Å². The topological polar surface area (TPSA) is 133 Å². The number of carboxylic acid groups (broad SMARTS) is 2. The van der Waals surface area contributed by atoms with Crippen molar-refractivity contribution in [2.45, 2.75) is 19.4 Å². The molecule has 0 aliphatic carbocycles. The molecule has 20 heavy (non-hydrogen) atoms.